The van der Waals surface area contributed by atoms with Crippen LogP contribution < -0.4 is 11.1 Å². The van der Waals surface area contributed by atoms with E-state index in [0.29, 0.717) is 6.54 Å². The van der Waals surface area contributed by atoms with Gasteiger partial charge in [0.25, 0.3) is 0 Å². The Morgan fingerprint density at radius 1 is 1.88 bits per heavy atom. The van der Waals surface area contributed by atoms with E-state index >= 15 is 0 Å². The molecule has 0 rings (SSSR count). The fraction of sp³-hybridized carbons (Fsp3) is 0.400. The third-order valence-corrected chi connectivity index (χ3v) is 0.652. The predicted octanol–water partition coefficient (Wildman–Crippen LogP) is -0.753. The van der Waals surface area contributed by atoms with E-state index in [1.807, 2.05) is 0 Å². The second-order valence-corrected chi connectivity index (χ2v) is 1.25. The molecule has 8 heavy (non-hydrogen) atoms. The molecule has 0 aromatic carbocycles. The third kappa shape index (κ3) is 3.36. The van der Waals surface area contributed by atoms with Crippen LogP contribution in [0.1, 0.15) is 0 Å². The van der Waals surface area contributed by atoms with Crippen LogP contribution in [0.25, 0.3) is 0 Å². The molecular weight excluding hydrogens is 104 g/mol. The van der Waals surface area contributed by atoms with Crippen molar-refractivity contribution >= 4 is 5.91 Å². The van der Waals surface area contributed by atoms with Gasteiger partial charge < -0.3 is 11.1 Å². The fourth-order valence-electron chi connectivity index (χ4n) is 0.258. The molecule has 0 aliphatic heterocycles. The average molecular weight is 114 g/mol. The quantitative estimate of drug-likeness (QED) is 0.464. The first-order valence-electron chi connectivity index (χ1n) is 2.39. The van der Waals surface area contributed by atoms with E-state index in [9.17, 15) is 4.79 Å². The Labute approximate surface area is 48.6 Å². The molecule has 0 aromatic rings. The van der Waals surface area contributed by atoms with Crippen LogP contribution in [-0.2, 0) is 4.79 Å². The Morgan fingerprint density at radius 3 is 2.88 bits per heavy atom. The Bertz CT molecular complexity index is 98.6. The predicted molar refractivity (Wildman–Crippen MR) is 32.3 cm³/mol. The Hall–Kier alpha value is -0.830. The molecule has 0 spiro atoms. The lowest BCUT2D eigenvalue weighted by molar-refractivity contribution is -0.116. The molecular formula is C5H10N2O. The van der Waals surface area contributed by atoms with Crippen molar-refractivity contribution in [2.24, 2.45) is 5.73 Å². The van der Waals surface area contributed by atoms with Crippen molar-refractivity contribution in [3.8, 4) is 0 Å². The van der Waals surface area contributed by atoms with E-state index in [1.54, 1.807) is 13.1 Å². The Morgan fingerprint density at radius 2 is 2.50 bits per heavy atom. The van der Waals surface area contributed by atoms with Crippen LogP contribution in [0.3, 0.4) is 0 Å². The third-order valence-electron chi connectivity index (χ3n) is 0.652. The summed E-state index contributed by atoms with van der Waals surface area (Å²) in [6.45, 7) is 0.410. The summed E-state index contributed by atoms with van der Waals surface area (Å²) in [6.07, 6.45) is 3.00. The highest BCUT2D eigenvalue weighted by molar-refractivity contribution is 5.87. The van der Waals surface area contributed by atoms with Crippen molar-refractivity contribution in [2.75, 3.05) is 13.6 Å². The van der Waals surface area contributed by atoms with Gasteiger partial charge in [-0.1, -0.05) is 6.08 Å². The summed E-state index contributed by atoms with van der Waals surface area (Å²) in [5.74, 6) is -0.115. The maximum absolute atomic E-state index is 10.3. The first-order valence-corrected chi connectivity index (χ1v) is 2.39. The van der Waals surface area contributed by atoms with Gasteiger partial charge in [0, 0.05) is 19.7 Å². The SMILES string of the molecule is CNC(=O)C=CCN. The monoisotopic (exact) mass is 114 g/mol. The zero-order chi connectivity index (χ0) is 6.41. The molecule has 0 radical (unpaired) electrons. The highest BCUT2D eigenvalue weighted by Crippen LogP contribution is 1.66. The largest absolute Gasteiger partial charge is 0.356 e. The van der Waals surface area contributed by atoms with Gasteiger partial charge in [-0.05, 0) is 0 Å². The average Bonchev–Trinajstić information content (AvgIpc) is 1.83. The maximum atomic E-state index is 10.3. The number of nitrogens with one attached hydrogen (secondary N) is 1. The van der Waals surface area contributed by atoms with E-state index in [1.165, 1.54) is 6.08 Å². The minimum absolute atomic E-state index is 0.115. The van der Waals surface area contributed by atoms with Crippen LogP contribution in [-0.4, -0.2) is 19.5 Å². The van der Waals surface area contributed by atoms with Gasteiger partial charge in [-0.15, -0.1) is 0 Å². The fourth-order valence-corrected chi connectivity index (χ4v) is 0.258. The second-order valence-electron chi connectivity index (χ2n) is 1.25. The van der Waals surface area contributed by atoms with Crippen molar-refractivity contribution in [3.05, 3.63) is 12.2 Å². The topological polar surface area (TPSA) is 55.1 Å². The lowest BCUT2D eigenvalue weighted by Crippen LogP contribution is -2.14. The lowest BCUT2D eigenvalue weighted by Gasteiger charge is -1.86. The van der Waals surface area contributed by atoms with Crippen molar-refractivity contribution in [1.82, 2.24) is 5.32 Å². The molecule has 46 valence electrons. The number of nitrogens with two attached hydrogens (primary N) is 1. The van der Waals surface area contributed by atoms with Crippen molar-refractivity contribution in [1.29, 1.82) is 0 Å². The number of hydrogen-bond acceptors (Lipinski definition) is 2. The number of carbonyl (C=O) groups excluding carboxylic acids is 1. The standard InChI is InChI=1S/C5H10N2O/c1-7-5(8)3-2-4-6/h2-3H,4,6H2,1H3,(H,7,8). The van der Waals surface area contributed by atoms with Gasteiger partial charge >= 0.3 is 0 Å². The molecule has 0 atom stereocenters. The highest BCUT2D eigenvalue weighted by atomic mass is 16.1. The molecule has 0 aliphatic rings. The summed E-state index contributed by atoms with van der Waals surface area (Å²) in [4.78, 5) is 10.3. The summed E-state index contributed by atoms with van der Waals surface area (Å²) >= 11 is 0. The minimum Gasteiger partial charge on any atom is -0.356 e. The first kappa shape index (κ1) is 7.17. The first-order chi connectivity index (χ1) is 3.81. The number of rotatable bonds is 2. The molecule has 0 aliphatic carbocycles. The van der Waals surface area contributed by atoms with Gasteiger partial charge in [0.15, 0.2) is 0 Å². The molecule has 0 fully saturated rings. The molecule has 0 heterocycles. The molecule has 1 amide bonds. The summed E-state index contributed by atoms with van der Waals surface area (Å²) in [7, 11) is 1.57. The normalized spacial score (nSPS) is 9.75. The molecule has 0 aromatic heterocycles. The number of amides is 1. The van der Waals surface area contributed by atoms with Crippen molar-refractivity contribution < 1.29 is 4.79 Å². The van der Waals surface area contributed by atoms with Gasteiger partial charge in [0.1, 0.15) is 0 Å². The van der Waals surface area contributed by atoms with E-state index in [4.69, 9.17) is 5.73 Å². The number of carbonyl (C=O) groups is 1. The van der Waals surface area contributed by atoms with E-state index in [2.05, 4.69) is 5.32 Å². The number of hydrogen-bond donors (Lipinski definition) is 2. The Kier molecular flexibility index (Phi) is 3.88. The molecule has 3 nitrogen and oxygen atoms in total. The minimum atomic E-state index is -0.115. The molecule has 0 saturated carbocycles. The van der Waals surface area contributed by atoms with Crippen molar-refractivity contribution in [3.63, 3.8) is 0 Å². The lowest BCUT2D eigenvalue weighted by atomic mass is 10.5. The van der Waals surface area contributed by atoms with Gasteiger partial charge in [-0.25, -0.2) is 0 Å². The van der Waals surface area contributed by atoms with Crippen LogP contribution >= 0.6 is 0 Å². The van der Waals surface area contributed by atoms with E-state index < -0.39 is 0 Å². The van der Waals surface area contributed by atoms with E-state index in [0.717, 1.165) is 0 Å². The molecule has 3 heteroatoms. The zero-order valence-electron chi connectivity index (χ0n) is 4.85. The molecule has 0 unspecified atom stereocenters. The zero-order valence-corrected chi connectivity index (χ0v) is 4.85. The van der Waals surface area contributed by atoms with Gasteiger partial charge in [0.2, 0.25) is 5.91 Å². The van der Waals surface area contributed by atoms with Crippen LogP contribution in [0.2, 0.25) is 0 Å². The molecule has 3 N–H and O–H groups in total. The molecule has 0 saturated heterocycles. The van der Waals surface area contributed by atoms with Crippen LogP contribution in [0.4, 0.5) is 0 Å². The summed E-state index contributed by atoms with van der Waals surface area (Å²) in [6, 6.07) is 0. The molecule has 0 bridgehead atoms. The van der Waals surface area contributed by atoms with Crippen molar-refractivity contribution in [2.45, 2.75) is 0 Å². The summed E-state index contributed by atoms with van der Waals surface area (Å²) in [5, 5.41) is 2.42. The number of likely N-dealkylation sites (N-methyl/N-ethyl adjacent to an activating group) is 1. The van der Waals surface area contributed by atoms with Gasteiger partial charge in [-0.3, -0.25) is 4.79 Å². The Balaban J connectivity index is 3.37. The van der Waals surface area contributed by atoms with Gasteiger partial charge in [0.05, 0.1) is 0 Å². The van der Waals surface area contributed by atoms with Crippen LogP contribution in [0.15, 0.2) is 12.2 Å². The smallest absolute Gasteiger partial charge is 0.243 e. The van der Waals surface area contributed by atoms with Crippen LogP contribution in [0.5, 0.6) is 0 Å². The maximum Gasteiger partial charge on any atom is 0.243 e. The van der Waals surface area contributed by atoms with E-state index in [-0.39, 0.29) is 5.91 Å². The summed E-state index contributed by atoms with van der Waals surface area (Å²) in [5.41, 5.74) is 5.06. The van der Waals surface area contributed by atoms with Crippen LogP contribution in [0, 0.1) is 0 Å². The second kappa shape index (κ2) is 4.33. The highest BCUT2D eigenvalue weighted by Gasteiger charge is 1.82. The van der Waals surface area contributed by atoms with Gasteiger partial charge in [-0.2, -0.15) is 0 Å². The summed E-state index contributed by atoms with van der Waals surface area (Å²) < 4.78 is 0.